The molecule has 0 saturated heterocycles. The van der Waals surface area contributed by atoms with E-state index in [0.29, 0.717) is 11.6 Å². The van der Waals surface area contributed by atoms with Crippen LogP contribution < -0.4 is 0 Å². The highest BCUT2D eigenvalue weighted by molar-refractivity contribution is 7.18. The average molecular weight is 220 g/mol. The summed E-state index contributed by atoms with van der Waals surface area (Å²) in [7, 11) is 0. The summed E-state index contributed by atoms with van der Waals surface area (Å²) < 4.78 is 0.872. The zero-order valence-electron chi connectivity index (χ0n) is 7.80. The standard InChI is InChI=1S/C10H8N2O2S/c13-10(14)6-3-7-8(11-4-6)12-9(15-7)5-1-2-5/h3-5H,1-2H2,(H,13,14). The highest BCUT2D eigenvalue weighted by Crippen LogP contribution is 2.42. The molecular weight excluding hydrogens is 212 g/mol. The molecule has 1 fully saturated rings. The van der Waals surface area contributed by atoms with E-state index in [9.17, 15) is 4.79 Å². The molecule has 0 atom stereocenters. The lowest BCUT2D eigenvalue weighted by atomic mass is 10.3. The van der Waals surface area contributed by atoms with Gasteiger partial charge in [0.2, 0.25) is 0 Å². The molecule has 15 heavy (non-hydrogen) atoms. The second-order valence-electron chi connectivity index (χ2n) is 3.68. The van der Waals surface area contributed by atoms with Crippen molar-refractivity contribution in [1.82, 2.24) is 9.97 Å². The van der Waals surface area contributed by atoms with Crippen molar-refractivity contribution in [2.24, 2.45) is 0 Å². The molecule has 0 aromatic carbocycles. The third-order valence-electron chi connectivity index (χ3n) is 2.44. The van der Waals surface area contributed by atoms with Gasteiger partial charge in [0, 0.05) is 12.1 Å². The zero-order chi connectivity index (χ0) is 10.4. The van der Waals surface area contributed by atoms with Gasteiger partial charge in [0.1, 0.15) is 0 Å². The van der Waals surface area contributed by atoms with Crippen LogP contribution in [0.3, 0.4) is 0 Å². The van der Waals surface area contributed by atoms with Gasteiger partial charge in [-0.25, -0.2) is 14.8 Å². The summed E-state index contributed by atoms with van der Waals surface area (Å²) in [6, 6.07) is 1.65. The number of fused-ring (bicyclic) bond motifs is 1. The minimum atomic E-state index is -0.939. The highest BCUT2D eigenvalue weighted by atomic mass is 32.1. The summed E-state index contributed by atoms with van der Waals surface area (Å²) in [4.78, 5) is 19.2. The summed E-state index contributed by atoms with van der Waals surface area (Å²) in [5, 5.41) is 9.91. The molecule has 0 amide bonds. The van der Waals surface area contributed by atoms with E-state index in [1.807, 2.05) is 0 Å². The number of carboxylic acids is 1. The van der Waals surface area contributed by atoms with Crippen LogP contribution in [0.5, 0.6) is 0 Å². The first-order valence-electron chi connectivity index (χ1n) is 4.74. The molecule has 0 aliphatic heterocycles. The van der Waals surface area contributed by atoms with E-state index >= 15 is 0 Å². The van der Waals surface area contributed by atoms with Gasteiger partial charge in [0.25, 0.3) is 0 Å². The lowest BCUT2D eigenvalue weighted by Crippen LogP contribution is -1.96. The lowest BCUT2D eigenvalue weighted by molar-refractivity contribution is 0.0696. The van der Waals surface area contributed by atoms with Crippen molar-refractivity contribution >= 4 is 27.7 Å². The Morgan fingerprint density at radius 2 is 2.33 bits per heavy atom. The Kier molecular flexibility index (Phi) is 1.76. The van der Waals surface area contributed by atoms with E-state index < -0.39 is 5.97 Å². The maximum atomic E-state index is 10.7. The van der Waals surface area contributed by atoms with Gasteiger partial charge in [-0.1, -0.05) is 0 Å². The first-order valence-corrected chi connectivity index (χ1v) is 5.55. The number of pyridine rings is 1. The zero-order valence-corrected chi connectivity index (χ0v) is 8.62. The Hall–Kier alpha value is -1.49. The van der Waals surface area contributed by atoms with Crippen molar-refractivity contribution in [3.8, 4) is 0 Å². The van der Waals surface area contributed by atoms with Crippen molar-refractivity contribution in [3.63, 3.8) is 0 Å². The number of carboxylic acid groups (broad SMARTS) is 1. The van der Waals surface area contributed by atoms with Crippen LogP contribution in [0.4, 0.5) is 0 Å². The number of nitrogens with zero attached hydrogens (tertiary/aromatic N) is 2. The van der Waals surface area contributed by atoms with Crippen molar-refractivity contribution < 1.29 is 9.90 Å². The SMILES string of the molecule is O=C(O)c1cnc2nc(C3CC3)sc2c1. The molecular formula is C10H8N2O2S. The van der Waals surface area contributed by atoms with Crippen LogP contribution in [0.1, 0.15) is 34.1 Å². The Labute approximate surface area is 89.6 Å². The van der Waals surface area contributed by atoms with Crippen molar-refractivity contribution in [2.45, 2.75) is 18.8 Å². The molecule has 2 aromatic rings. The summed E-state index contributed by atoms with van der Waals surface area (Å²) >= 11 is 1.56. The number of hydrogen-bond donors (Lipinski definition) is 1. The normalized spacial score (nSPS) is 15.7. The molecule has 76 valence electrons. The van der Waals surface area contributed by atoms with Crippen LogP contribution in [0.25, 0.3) is 10.3 Å². The minimum Gasteiger partial charge on any atom is -0.478 e. The van der Waals surface area contributed by atoms with Gasteiger partial charge in [-0.05, 0) is 18.9 Å². The summed E-state index contributed by atoms with van der Waals surface area (Å²) in [5.74, 6) is -0.344. The van der Waals surface area contributed by atoms with Crippen LogP contribution in [0.15, 0.2) is 12.3 Å². The van der Waals surface area contributed by atoms with Crippen LogP contribution in [0.2, 0.25) is 0 Å². The molecule has 3 rings (SSSR count). The average Bonchev–Trinajstić information content (AvgIpc) is 2.97. The minimum absolute atomic E-state index is 0.230. The van der Waals surface area contributed by atoms with E-state index in [4.69, 9.17) is 5.11 Å². The van der Waals surface area contributed by atoms with Crippen molar-refractivity contribution in [2.75, 3.05) is 0 Å². The van der Waals surface area contributed by atoms with E-state index in [0.717, 1.165) is 9.71 Å². The van der Waals surface area contributed by atoms with Gasteiger partial charge in [-0.3, -0.25) is 0 Å². The molecule has 2 heterocycles. The monoisotopic (exact) mass is 220 g/mol. The largest absolute Gasteiger partial charge is 0.478 e. The molecule has 0 bridgehead atoms. The Balaban J connectivity index is 2.13. The summed E-state index contributed by atoms with van der Waals surface area (Å²) in [6.07, 6.45) is 3.76. The topological polar surface area (TPSA) is 63.1 Å². The fraction of sp³-hybridized carbons (Fsp3) is 0.300. The Morgan fingerprint density at radius 3 is 3.00 bits per heavy atom. The van der Waals surface area contributed by atoms with Crippen LogP contribution in [-0.2, 0) is 0 Å². The lowest BCUT2D eigenvalue weighted by Gasteiger charge is -1.91. The molecule has 0 radical (unpaired) electrons. The fourth-order valence-corrected chi connectivity index (χ4v) is 2.59. The quantitative estimate of drug-likeness (QED) is 0.843. The molecule has 4 nitrogen and oxygen atoms in total. The van der Waals surface area contributed by atoms with Gasteiger partial charge in [0.05, 0.1) is 15.3 Å². The third-order valence-corrected chi connectivity index (χ3v) is 3.59. The molecule has 1 aliphatic carbocycles. The number of aromatic carboxylic acids is 1. The molecule has 0 unspecified atom stereocenters. The molecule has 1 aliphatic rings. The van der Waals surface area contributed by atoms with E-state index in [1.165, 1.54) is 19.0 Å². The smallest absolute Gasteiger partial charge is 0.337 e. The van der Waals surface area contributed by atoms with Crippen LogP contribution in [-0.4, -0.2) is 21.0 Å². The second-order valence-corrected chi connectivity index (χ2v) is 4.74. The summed E-state index contributed by atoms with van der Waals surface area (Å²) in [5.41, 5.74) is 0.903. The molecule has 2 aromatic heterocycles. The number of aromatic nitrogens is 2. The first-order chi connectivity index (χ1) is 7.24. The molecule has 0 spiro atoms. The molecule has 1 saturated carbocycles. The van der Waals surface area contributed by atoms with Gasteiger partial charge < -0.3 is 5.11 Å². The predicted octanol–water partition coefficient (Wildman–Crippen LogP) is 2.27. The molecule has 5 heteroatoms. The highest BCUT2D eigenvalue weighted by Gasteiger charge is 2.27. The number of carbonyl (C=O) groups is 1. The second kappa shape index (κ2) is 3.00. The van der Waals surface area contributed by atoms with Crippen LogP contribution >= 0.6 is 11.3 Å². The molecule has 1 N–H and O–H groups in total. The van der Waals surface area contributed by atoms with Crippen LogP contribution in [0, 0.1) is 0 Å². The van der Waals surface area contributed by atoms with E-state index in [2.05, 4.69) is 9.97 Å². The number of rotatable bonds is 2. The van der Waals surface area contributed by atoms with Crippen molar-refractivity contribution in [1.29, 1.82) is 0 Å². The Bertz CT molecular complexity index is 545. The maximum Gasteiger partial charge on any atom is 0.337 e. The number of hydrogen-bond acceptors (Lipinski definition) is 4. The fourth-order valence-electron chi connectivity index (χ4n) is 1.46. The predicted molar refractivity (Wildman–Crippen MR) is 56.3 cm³/mol. The number of thiazole rings is 1. The van der Waals surface area contributed by atoms with Gasteiger partial charge in [0.15, 0.2) is 5.65 Å². The first kappa shape index (κ1) is 8.79. The van der Waals surface area contributed by atoms with E-state index in [1.54, 1.807) is 17.4 Å². The maximum absolute atomic E-state index is 10.7. The van der Waals surface area contributed by atoms with Gasteiger partial charge in [-0.15, -0.1) is 11.3 Å². The van der Waals surface area contributed by atoms with Crippen molar-refractivity contribution in [3.05, 3.63) is 22.8 Å². The van der Waals surface area contributed by atoms with Gasteiger partial charge >= 0.3 is 5.97 Å². The van der Waals surface area contributed by atoms with E-state index in [-0.39, 0.29) is 5.56 Å². The third kappa shape index (κ3) is 1.48. The summed E-state index contributed by atoms with van der Waals surface area (Å²) in [6.45, 7) is 0. The van der Waals surface area contributed by atoms with Gasteiger partial charge in [-0.2, -0.15) is 0 Å². The Morgan fingerprint density at radius 1 is 1.53 bits per heavy atom.